The molecule has 11 nitrogen and oxygen atoms in total. The van der Waals surface area contributed by atoms with Gasteiger partial charge in [0.05, 0.1) is 17.7 Å². The van der Waals surface area contributed by atoms with Crippen molar-refractivity contribution in [1.29, 1.82) is 0 Å². The number of carbonyl (C=O) groups is 5. The topological polar surface area (TPSA) is 131 Å². The van der Waals surface area contributed by atoms with Gasteiger partial charge in [-0.25, -0.2) is 0 Å². The number of imide groups is 2. The number of benzene rings is 4. The molecule has 0 aromatic heterocycles. The maximum atomic E-state index is 13.7. The number of piperidine rings is 2. The molecule has 0 saturated carbocycles. The fraction of sp³-hybridized carbons (Fsp3) is 0.396. The molecule has 4 aromatic carbocycles. The van der Waals surface area contributed by atoms with Gasteiger partial charge in [0.15, 0.2) is 0 Å². The number of carbonyl (C=O) groups excluding carboxylic acids is 5. The Morgan fingerprint density at radius 1 is 0.746 bits per heavy atom. The van der Waals surface area contributed by atoms with E-state index in [9.17, 15) is 29.1 Å². The highest BCUT2D eigenvalue weighted by Crippen LogP contribution is 2.48. The van der Waals surface area contributed by atoms with E-state index in [0.717, 1.165) is 74.3 Å². The summed E-state index contributed by atoms with van der Waals surface area (Å²) >= 11 is 0. The average Bonchev–Trinajstić information content (AvgIpc) is 3.34. The second kappa shape index (κ2) is 14.8. The molecule has 5 aliphatic heterocycles. The molecule has 0 unspecified atom stereocenters. The third kappa shape index (κ3) is 6.79. The van der Waals surface area contributed by atoms with Gasteiger partial charge in [-0.05, 0) is 126 Å². The number of fused-ring (bicyclic) bond motifs is 3. The second-order valence-corrected chi connectivity index (χ2v) is 17.7. The monoisotopic (exact) mass is 791 g/mol. The molecular weight excluding hydrogens is 743 g/mol. The first-order valence-electron chi connectivity index (χ1n) is 21.2. The maximum absolute atomic E-state index is 13.7. The Bertz CT molecular complexity index is 2360. The molecule has 0 radical (unpaired) electrons. The zero-order chi connectivity index (χ0) is 40.4. The molecule has 3 saturated heterocycles. The van der Waals surface area contributed by atoms with Crippen molar-refractivity contribution in [2.45, 2.75) is 75.8 Å². The third-order valence-electron chi connectivity index (χ3n) is 14.1. The van der Waals surface area contributed by atoms with Crippen molar-refractivity contribution in [2.24, 2.45) is 5.41 Å². The Balaban J connectivity index is 0.751. The molecule has 2 N–H and O–H groups in total. The molecule has 10 rings (SSSR count). The van der Waals surface area contributed by atoms with E-state index in [4.69, 9.17) is 0 Å². The van der Waals surface area contributed by atoms with Crippen molar-refractivity contribution in [2.75, 3.05) is 44.2 Å². The minimum Gasteiger partial charge on any atom is -0.508 e. The maximum Gasteiger partial charge on any atom is 0.262 e. The molecule has 11 heteroatoms. The molecule has 5 heterocycles. The van der Waals surface area contributed by atoms with Gasteiger partial charge in [0.25, 0.3) is 11.8 Å². The number of phenolic OH excluding ortho intramolecular Hbond substituents is 1. The largest absolute Gasteiger partial charge is 0.508 e. The van der Waals surface area contributed by atoms with Gasteiger partial charge in [-0.3, -0.25) is 39.1 Å². The molecule has 0 bridgehead atoms. The van der Waals surface area contributed by atoms with Gasteiger partial charge < -0.3 is 14.9 Å². The first-order chi connectivity index (χ1) is 28.6. The van der Waals surface area contributed by atoms with Gasteiger partial charge in [-0.1, -0.05) is 48.5 Å². The van der Waals surface area contributed by atoms with Crippen molar-refractivity contribution in [1.82, 2.24) is 20.0 Å². The lowest BCUT2D eigenvalue weighted by atomic mass is 9.69. The number of aryl methyl sites for hydroxylation is 2. The molecule has 59 heavy (non-hydrogen) atoms. The van der Waals surface area contributed by atoms with Crippen LogP contribution < -0.4 is 10.2 Å². The summed E-state index contributed by atoms with van der Waals surface area (Å²) in [6.45, 7) is 5.13. The number of anilines is 1. The zero-order valence-corrected chi connectivity index (χ0v) is 33.2. The highest BCUT2D eigenvalue weighted by Gasteiger charge is 2.47. The quantitative estimate of drug-likeness (QED) is 0.244. The van der Waals surface area contributed by atoms with E-state index >= 15 is 0 Å². The van der Waals surface area contributed by atoms with Gasteiger partial charge in [0.1, 0.15) is 11.8 Å². The lowest BCUT2D eigenvalue weighted by Crippen LogP contribution is -2.62. The summed E-state index contributed by atoms with van der Waals surface area (Å²) in [5.41, 5.74) is 9.04. The molecule has 6 aliphatic rings. The number of phenols is 1. The molecule has 4 aromatic rings. The van der Waals surface area contributed by atoms with Gasteiger partial charge >= 0.3 is 0 Å². The number of hydrogen-bond donors (Lipinski definition) is 2. The van der Waals surface area contributed by atoms with Crippen LogP contribution in [-0.2, 0) is 33.8 Å². The van der Waals surface area contributed by atoms with Crippen LogP contribution in [0.1, 0.15) is 104 Å². The molecule has 302 valence electrons. The summed E-state index contributed by atoms with van der Waals surface area (Å²) in [4.78, 5) is 72.5. The minimum atomic E-state index is -1.01. The Kier molecular flexibility index (Phi) is 9.38. The van der Waals surface area contributed by atoms with Gasteiger partial charge in [-0.15, -0.1) is 0 Å². The summed E-state index contributed by atoms with van der Waals surface area (Å²) < 4.78 is 0. The Labute approximate surface area is 344 Å². The fourth-order valence-electron chi connectivity index (χ4n) is 11.0. The van der Waals surface area contributed by atoms with E-state index < -0.39 is 29.7 Å². The van der Waals surface area contributed by atoms with Crippen LogP contribution >= 0.6 is 0 Å². The first kappa shape index (κ1) is 37.5. The molecule has 3 atom stereocenters. The number of nitrogens with zero attached hydrogens (tertiary/aromatic N) is 4. The Hall–Kier alpha value is -5.81. The number of hydrogen-bond acceptors (Lipinski definition) is 8. The molecular formula is C48H49N5O6. The van der Waals surface area contributed by atoms with Gasteiger partial charge in [0.2, 0.25) is 17.7 Å². The van der Waals surface area contributed by atoms with Crippen LogP contribution in [0.25, 0.3) is 0 Å². The SMILES string of the molecule is O=C1CC[C@@H](N2C(=O)c3cc4c(cc3C2=O)CN(C(=O)CN2CC3(CCN(c5ccc([C@@H]6c7ccc(O)cc7CC[C@@H]6c6ccccc6)cc5)CC3)C2)CCC4)C(=O)N1. The van der Waals surface area contributed by atoms with E-state index in [0.29, 0.717) is 37.7 Å². The first-order valence-corrected chi connectivity index (χ1v) is 21.2. The van der Waals surface area contributed by atoms with E-state index in [-0.39, 0.29) is 41.2 Å². The van der Waals surface area contributed by atoms with E-state index in [1.54, 1.807) is 12.1 Å². The third-order valence-corrected chi connectivity index (χ3v) is 14.1. The highest BCUT2D eigenvalue weighted by molar-refractivity contribution is 6.23. The van der Waals surface area contributed by atoms with Crippen molar-refractivity contribution < 1.29 is 29.1 Å². The van der Waals surface area contributed by atoms with Crippen molar-refractivity contribution in [3.05, 3.63) is 129 Å². The van der Waals surface area contributed by atoms with E-state index in [2.05, 4.69) is 75.8 Å². The molecule has 1 spiro atoms. The number of rotatable bonds is 6. The van der Waals surface area contributed by atoms with Crippen LogP contribution in [0.15, 0.2) is 84.9 Å². The van der Waals surface area contributed by atoms with Crippen LogP contribution in [-0.4, -0.2) is 94.7 Å². The van der Waals surface area contributed by atoms with Crippen LogP contribution in [0.2, 0.25) is 0 Å². The van der Waals surface area contributed by atoms with Crippen molar-refractivity contribution in [3.8, 4) is 5.75 Å². The van der Waals surface area contributed by atoms with Gasteiger partial charge in [-0.2, -0.15) is 0 Å². The van der Waals surface area contributed by atoms with Crippen molar-refractivity contribution >= 4 is 35.2 Å². The van der Waals surface area contributed by atoms with Crippen LogP contribution in [0.4, 0.5) is 5.69 Å². The summed E-state index contributed by atoms with van der Waals surface area (Å²) in [7, 11) is 0. The summed E-state index contributed by atoms with van der Waals surface area (Å²) in [6.07, 6.45) is 5.79. The number of nitrogens with one attached hydrogen (secondary N) is 1. The average molecular weight is 792 g/mol. The van der Waals surface area contributed by atoms with Gasteiger partial charge in [0, 0.05) is 57.3 Å². The van der Waals surface area contributed by atoms with E-state index in [1.165, 1.54) is 27.9 Å². The van der Waals surface area contributed by atoms with Crippen LogP contribution in [0.5, 0.6) is 5.75 Å². The minimum absolute atomic E-state index is 0.0737. The number of aromatic hydroxyl groups is 1. The second-order valence-electron chi connectivity index (χ2n) is 17.7. The van der Waals surface area contributed by atoms with Crippen LogP contribution in [0, 0.1) is 5.41 Å². The lowest BCUT2D eigenvalue weighted by molar-refractivity contribution is -0.137. The lowest BCUT2D eigenvalue weighted by Gasteiger charge is -2.54. The smallest absolute Gasteiger partial charge is 0.262 e. The predicted molar refractivity (Wildman–Crippen MR) is 221 cm³/mol. The zero-order valence-electron chi connectivity index (χ0n) is 33.2. The standard InChI is InChI=1S/C48H49N5O6/c54-36-13-15-38-33(23-36)10-14-37(30-5-2-1-3-6-30)44(38)31-8-11-35(12-9-31)51-21-18-48(19-22-51)28-50(29-48)27-43(56)52-20-4-7-32-24-39-40(25-34(32)26-52)47(59)53(46(39)58)41-16-17-42(55)49-45(41)57/h1-3,5-6,8-9,11-13,15,23-25,37,41,44,54H,4,7,10,14,16-22,26-29H2,(H,49,55,57)/t37-,41-,44+/m1/s1. The van der Waals surface area contributed by atoms with Crippen LogP contribution in [0.3, 0.4) is 0 Å². The van der Waals surface area contributed by atoms with Crippen molar-refractivity contribution in [3.63, 3.8) is 0 Å². The summed E-state index contributed by atoms with van der Waals surface area (Å²) in [6, 6.07) is 28.4. The summed E-state index contributed by atoms with van der Waals surface area (Å²) in [5, 5.41) is 12.5. The van der Waals surface area contributed by atoms with E-state index in [1.807, 2.05) is 17.0 Å². The molecule has 5 amide bonds. The summed E-state index contributed by atoms with van der Waals surface area (Å²) in [5.74, 6) is -1.06. The normalized spacial score (nSPS) is 23.9. The predicted octanol–water partition coefficient (Wildman–Crippen LogP) is 5.53. The Morgan fingerprint density at radius 2 is 1.47 bits per heavy atom. The highest BCUT2D eigenvalue weighted by atomic mass is 16.3. The molecule has 1 aliphatic carbocycles. The number of likely N-dealkylation sites (tertiary alicyclic amines) is 1. The molecule has 3 fully saturated rings. The fourth-order valence-corrected chi connectivity index (χ4v) is 11.0. The number of amides is 5. The Morgan fingerprint density at radius 3 is 2.20 bits per heavy atom.